The van der Waals surface area contributed by atoms with E-state index in [-0.39, 0.29) is 24.3 Å². The van der Waals surface area contributed by atoms with Gasteiger partial charge in [0, 0.05) is 78.7 Å². The topological polar surface area (TPSA) is 150 Å². The van der Waals surface area contributed by atoms with Gasteiger partial charge in [-0.1, -0.05) is 42.8 Å². The second-order valence-electron chi connectivity index (χ2n) is 14.2. The number of hydrogen-bond acceptors (Lipinski definition) is 6. The minimum absolute atomic E-state index is 0.165. The molecule has 22 heteroatoms. The van der Waals surface area contributed by atoms with Crippen LogP contribution in [0.5, 0.6) is 0 Å². The number of carboxylic acids is 1. The van der Waals surface area contributed by atoms with Crippen molar-refractivity contribution < 1.29 is 68.9 Å². The molecular weight excluding hydrogens is 867 g/mol. The van der Waals surface area contributed by atoms with E-state index in [0.29, 0.717) is 43.4 Å². The number of fused-ring (bicyclic) bond motifs is 2. The van der Waals surface area contributed by atoms with Crippen molar-refractivity contribution in [1.82, 2.24) is 20.1 Å². The number of halogens is 10. The van der Waals surface area contributed by atoms with Gasteiger partial charge in [0.25, 0.3) is 6.47 Å². The molecule has 2 aliphatic heterocycles. The number of para-hydroxylation sites is 1. The number of H-pyrrole nitrogens is 1. The molecule has 4 N–H and O–H groups in total. The van der Waals surface area contributed by atoms with Crippen LogP contribution in [0.3, 0.4) is 0 Å². The molecule has 2 unspecified atom stereocenters. The quantitative estimate of drug-likeness (QED) is 0.107. The highest BCUT2D eigenvalue weighted by molar-refractivity contribution is 6.30. The van der Waals surface area contributed by atoms with Crippen molar-refractivity contribution in [3.05, 3.63) is 94.6 Å². The fourth-order valence-corrected chi connectivity index (χ4v) is 7.24. The van der Waals surface area contributed by atoms with E-state index < -0.39 is 42.5 Å². The third-order valence-electron chi connectivity index (χ3n) is 9.68. The van der Waals surface area contributed by atoms with Gasteiger partial charge in [-0.05, 0) is 80.0 Å². The van der Waals surface area contributed by atoms with E-state index >= 15 is 0 Å². The minimum Gasteiger partial charge on any atom is -0.483 e. The van der Waals surface area contributed by atoms with Gasteiger partial charge in [0.05, 0.1) is 5.56 Å². The van der Waals surface area contributed by atoms with E-state index in [0.717, 1.165) is 52.8 Å². The number of hydrogen-bond donors (Lipinski definition) is 4. The lowest BCUT2D eigenvalue weighted by atomic mass is 9.88. The first-order valence-corrected chi connectivity index (χ1v) is 18.9. The van der Waals surface area contributed by atoms with Crippen LogP contribution in [0.25, 0.3) is 10.9 Å². The molecule has 340 valence electrons. The number of carbonyl (C=O) groups excluding carboxylic acids is 2. The molecule has 3 aromatic carbocycles. The Kier molecular flexibility index (Phi) is 18.3. The Bertz CT molecular complexity index is 2110. The number of piperazine rings is 1. The average Bonchev–Trinajstić information content (AvgIpc) is 3.63. The summed E-state index contributed by atoms with van der Waals surface area (Å²) in [6.45, 7) is 0.611. The summed E-state index contributed by atoms with van der Waals surface area (Å²) in [7, 11) is 4.02. The Labute approximate surface area is 354 Å². The summed E-state index contributed by atoms with van der Waals surface area (Å²) in [4.78, 5) is 56.6. The van der Waals surface area contributed by atoms with Gasteiger partial charge in [0.2, 0.25) is 5.91 Å². The van der Waals surface area contributed by atoms with E-state index in [1.165, 1.54) is 6.07 Å². The second-order valence-corrected chi connectivity index (χ2v) is 14.7. The van der Waals surface area contributed by atoms with Crippen molar-refractivity contribution >= 4 is 58.3 Å². The van der Waals surface area contributed by atoms with Crippen LogP contribution in [0.2, 0.25) is 5.02 Å². The predicted octanol–water partition coefficient (Wildman–Crippen LogP) is 8.12. The Balaban J connectivity index is 0.000000637. The number of carboxylic acid groups (broad SMARTS) is 2. The fraction of sp³-hybridized carbons (Fsp3) is 0.400. The van der Waals surface area contributed by atoms with E-state index in [9.17, 15) is 49.1 Å². The Morgan fingerprint density at radius 2 is 1.55 bits per heavy atom. The van der Waals surface area contributed by atoms with Gasteiger partial charge >= 0.3 is 31.0 Å². The lowest BCUT2D eigenvalue weighted by molar-refractivity contribution is -0.192. The number of urea groups is 1. The maximum Gasteiger partial charge on any atom is 0.490 e. The Morgan fingerprint density at radius 1 is 0.952 bits per heavy atom. The normalized spacial score (nSPS) is 16.1. The number of aromatic amines is 1. The maximum absolute atomic E-state index is 14.8. The van der Waals surface area contributed by atoms with E-state index in [4.69, 9.17) is 31.4 Å². The summed E-state index contributed by atoms with van der Waals surface area (Å²) in [6.07, 6.45) is -6.84. The monoisotopic (exact) mass is 910 g/mol. The molecule has 0 saturated carbocycles. The first kappa shape index (κ1) is 50.7. The highest BCUT2D eigenvalue weighted by atomic mass is 35.5. The van der Waals surface area contributed by atoms with Gasteiger partial charge < -0.3 is 40.1 Å². The van der Waals surface area contributed by atoms with Gasteiger partial charge in [0.1, 0.15) is 6.04 Å². The average molecular weight is 911 g/mol. The lowest BCUT2D eigenvalue weighted by Gasteiger charge is -2.40. The highest BCUT2D eigenvalue weighted by Gasteiger charge is 2.39. The smallest absolute Gasteiger partial charge is 0.483 e. The van der Waals surface area contributed by atoms with Crippen molar-refractivity contribution in [2.45, 2.75) is 44.3 Å². The first-order chi connectivity index (χ1) is 29.0. The zero-order chi connectivity index (χ0) is 46.5. The molecule has 0 bridgehead atoms. The maximum atomic E-state index is 14.8. The van der Waals surface area contributed by atoms with Crippen LogP contribution in [0.1, 0.15) is 29.5 Å². The number of anilines is 2. The molecule has 6 rings (SSSR count). The first-order valence-electron chi connectivity index (χ1n) is 18.6. The molecule has 0 aliphatic carbocycles. The van der Waals surface area contributed by atoms with Crippen LogP contribution in [0.15, 0.2) is 72.9 Å². The molecule has 3 atom stereocenters. The Hall–Kier alpha value is -5.70. The minimum atomic E-state index is -5.08. The number of rotatable bonds is 7. The summed E-state index contributed by atoms with van der Waals surface area (Å²) < 4.78 is 101. The molecular formula is C40H44ClF9N6O6. The highest BCUT2D eigenvalue weighted by Crippen LogP contribution is 2.36. The third-order valence-corrected chi connectivity index (χ3v) is 9.91. The zero-order valence-electron chi connectivity index (χ0n) is 33.4. The summed E-state index contributed by atoms with van der Waals surface area (Å²) in [5, 5.41) is 18.7. The van der Waals surface area contributed by atoms with Crippen molar-refractivity contribution in [1.29, 1.82) is 0 Å². The predicted molar refractivity (Wildman–Crippen MR) is 213 cm³/mol. The van der Waals surface area contributed by atoms with Crippen LogP contribution in [0, 0.1) is 5.92 Å². The molecule has 12 nitrogen and oxygen atoms in total. The summed E-state index contributed by atoms with van der Waals surface area (Å²) >= 11 is 6.39. The largest absolute Gasteiger partial charge is 0.490 e. The summed E-state index contributed by atoms with van der Waals surface area (Å²) in [5.74, 6) is -3.20. The van der Waals surface area contributed by atoms with Crippen molar-refractivity contribution in [2.24, 2.45) is 5.92 Å². The number of aliphatic carboxylic acids is 1. The number of nitrogens with one attached hydrogen (secondary N) is 2. The summed E-state index contributed by atoms with van der Waals surface area (Å²) in [5.41, 5.74) is 3.39. The number of carbonyl (C=O) groups is 4. The third kappa shape index (κ3) is 14.5. The molecule has 0 spiro atoms. The van der Waals surface area contributed by atoms with Crippen molar-refractivity contribution in [3.63, 3.8) is 0 Å². The number of nitrogens with zero attached hydrogens (tertiary/aromatic N) is 4. The Morgan fingerprint density at radius 3 is 2.11 bits per heavy atom. The number of alkyl halides is 9. The molecule has 0 radical (unpaired) electrons. The van der Waals surface area contributed by atoms with Crippen LogP contribution in [-0.2, 0) is 27.0 Å². The van der Waals surface area contributed by atoms with E-state index in [2.05, 4.69) is 15.2 Å². The van der Waals surface area contributed by atoms with Crippen molar-refractivity contribution in [3.8, 4) is 0 Å². The molecule has 1 aromatic heterocycles. The molecule has 4 aromatic rings. The van der Waals surface area contributed by atoms with Gasteiger partial charge in [-0.3, -0.25) is 9.59 Å². The van der Waals surface area contributed by atoms with Crippen LogP contribution in [0.4, 0.5) is 55.7 Å². The van der Waals surface area contributed by atoms with E-state index in [1.807, 2.05) is 68.5 Å². The molecule has 3 heterocycles. The lowest BCUT2D eigenvalue weighted by Crippen LogP contribution is -2.58. The van der Waals surface area contributed by atoms with Crippen LogP contribution >= 0.6 is 11.6 Å². The SMILES string of the molecule is CC(c1c[nH]c2ccccc12)C(NC(=O)N1CCN(c2cccc(C(F)(F)F)c2)CC1)C(=O)N1C[C@@H](CN(C)C)Cc2cc(Cl)ccc21.FC(F)F.O=C(O)C(F)(F)F.O=CO. The standard InChI is InChI=1S/C36H40ClF3N6O2.C2HF3O2.CHF3.CH2O2/c1-23(30-20-41-31-10-5-4-9-29(30)31)33(34(47)46-22-24(21-43(2)3)17-25-18-27(37)11-12-32(25)46)42-35(48)45-15-13-44(14-16-45)28-8-6-7-26(19-28)36(38,39)40;3-2(4,5)1(6)7;2-1(3)4;2-1-3/h4-12,18-20,23-24,33,41H,13-17,21-22H2,1-3H3,(H,42,48);(H,6,7);1H;1H,(H,2,3)/t23?,24-,33?;;;/m1.../s1. The van der Waals surface area contributed by atoms with Crippen LogP contribution in [-0.4, -0.2) is 122 Å². The van der Waals surface area contributed by atoms with Gasteiger partial charge in [0.15, 0.2) is 0 Å². The summed E-state index contributed by atoms with van der Waals surface area (Å²) in [6, 6.07) is 17.4. The van der Waals surface area contributed by atoms with Gasteiger partial charge in [-0.25, -0.2) is 9.59 Å². The number of amides is 3. The molecule has 62 heavy (non-hydrogen) atoms. The molecule has 1 fully saturated rings. The van der Waals surface area contributed by atoms with Gasteiger partial charge in [-0.2, -0.15) is 39.5 Å². The van der Waals surface area contributed by atoms with Crippen LogP contribution < -0.4 is 15.1 Å². The zero-order valence-corrected chi connectivity index (χ0v) is 34.1. The van der Waals surface area contributed by atoms with E-state index in [1.54, 1.807) is 21.9 Å². The fourth-order valence-electron chi connectivity index (χ4n) is 7.05. The second kappa shape index (κ2) is 22.4. The number of benzene rings is 3. The van der Waals surface area contributed by atoms with Crippen molar-refractivity contribution in [2.75, 3.05) is 63.2 Å². The molecule has 2 aliphatic rings. The van der Waals surface area contributed by atoms with Gasteiger partial charge in [-0.15, -0.1) is 0 Å². The molecule has 3 amide bonds. The number of aromatic nitrogens is 1. The molecule has 1 saturated heterocycles.